The molecule has 0 bridgehead atoms. The highest BCUT2D eigenvalue weighted by Gasteiger charge is 2.32. The number of carbonyl (C=O) groups excluding carboxylic acids is 3. The molecule has 1 aromatic heterocycles. The highest BCUT2D eigenvalue weighted by Crippen LogP contribution is 2.18. The minimum absolute atomic E-state index is 0.0982. The second kappa shape index (κ2) is 9.47. The average Bonchev–Trinajstić information content (AvgIpc) is 3.31. The molecular weight excluding hydrogens is 386 g/mol. The Morgan fingerprint density at radius 3 is 2.27 bits per heavy atom. The molecule has 2 aromatic rings. The summed E-state index contributed by atoms with van der Waals surface area (Å²) in [6, 6.07) is 9.52. The van der Waals surface area contributed by atoms with Crippen molar-refractivity contribution in [1.82, 2.24) is 15.1 Å². The lowest BCUT2D eigenvalue weighted by Crippen LogP contribution is -2.57. The highest BCUT2D eigenvalue weighted by atomic mass is 16.5. The number of piperazine rings is 1. The number of furan rings is 1. The van der Waals surface area contributed by atoms with E-state index >= 15 is 0 Å². The summed E-state index contributed by atoms with van der Waals surface area (Å²) in [5.74, 6) is -0.0469. The van der Waals surface area contributed by atoms with Gasteiger partial charge in [-0.3, -0.25) is 14.4 Å². The second-order valence-corrected chi connectivity index (χ2v) is 7.49. The Morgan fingerprint density at radius 2 is 1.67 bits per heavy atom. The Kier molecular flexibility index (Phi) is 6.76. The summed E-state index contributed by atoms with van der Waals surface area (Å²) in [5, 5.41) is 2.86. The molecule has 1 saturated heterocycles. The van der Waals surface area contributed by atoms with Crippen LogP contribution in [0.25, 0.3) is 0 Å². The summed E-state index contributed by atoms with van der Waals surface area (Å²) >= 11 is 0. The van der Waals surface area contributed by atoms with Crippen molar-refractivity contribution in [3.05, 3.63) is 54.0 Å². The Labute approximate surface area is 175 Å². The van der Waals surface area contributed by atoms with Crippen LogP contribution in [0.5, 0.6) is 5.75 Å². The molecule has 1 aromatic carbocycles. The van der Waals surface area contributed by atoms with Gasteiger partial charge < -0.3 is 24.3 Å². The van der Waals surface area contributed by atoms with E-state index in [-0.39, 0.29) is 23.6 Å². The lowest BCUT2D eigenvalue weighted by atomic mass is 10.0. The van der Waals surface area contributed by atoms with E-state index in [0.29, 0.717) is 43.3 Å². The highest BCUT2D eigenvalue weighted by molar-refractivity contribution is 5.99. The number of carbonyl (C=O) groups is 3. The number of hydrogen-bond acceptors (Lipinski definition) is 5. The summed E-state index contributed by atoms with van der Waals surface area (Å²) in [6.07, 6.45) is 1.46. The Bertz CT molecular complexity index is 886. The van der Waals surface area contributed by atoms with Gasteiger partial charge in [-0.1, -0.05) is 26.0 Å². The zero-order valence-electron chi connectivity index (χ0n) is 17.5. The third-order valence-electron chi connectivity index (χ3n) is 5.18. The summed E-state index contributed by atoms with van der Waals surface area (Å²) < 4.78 is 10.4. The van der Waals surface area contributed by atoms with Crippen LogP contribution in [0.4, 0.5) is 0 Å². The smallest absolute Gasteiger partial charge is 0.289 e. The van der Waals surface area contributed by atoms with Gasteiger partial charge in [-0.2, -0.15) is 0 Å². The molecule has 3 rings (SSSR count). The monoisotopic (exact) mass is 413 g/mol. The molecule has 160 valence electrons. The summed E-state index contributed by atoms with van der Waals surface area (Å²) in [7, 11) is 1.50. The number of nitrogens with zero attached hydrogens (tertiary/aromatic N) is 2. The lowest BCUT2D eigenvalue weighted by Gasteiger charge is -2.37. The standard InChI is InChI=1S/C22H27N3O5/c1-15(2)19(23-20(26)16-7-4-5-8-17(16)29-3)22(28)25-12-10-24(11-13-25)21(27)18-9-6-14-30-18/h4-9,14-15,19H,10-13H2,1-3H3,(H,23,26). The van der Waals surface area contributed by atoms with Crippen LogP contribution in [-0.4, -0.2) is 66.9 Å². The number of methoxy groups -OCH3 is 1. The van der Waals surface area contributed by atoms with Gasteiger partial charge in [-0.25, -0.2) is 0 Å². The summed E-state index contributed by atoms with van der Waals surface area (Å²) in [5.41, 5.74) is 0.382. The first-order valence-electron chi connectivity index (χ1n) is 9.97. The van der Waals surface area contributed by atoms with Gasteiger partial charge in [-0.15, -0.1) is 0 Å². The van der Waals surface area contributed by atoms with Gasteiger partial charge in [0.25, 0.3) is 11.8 Å². The maximum absolute atomic E-state index is 13.1. The quantitative estimate of drug-likeness (QED) is 0.782. The Hall–Kier alpha value is -3.29. The van der Waals surface area contributed by atoms with Crippen molar-refractivity contribution in [2.24, 2.45) is 5.92 Å². The average molecular weight is 413 g/mol. The SMILES string of the molecule is COc1ccccc1C(=O)NC(C(=O)N1CCN(C(=O)c2ccco2)CC1)C(C)C. The fourth-order valence-electron chi connectivity index (χ4n) is 3.45. The predicted molar refractivity (Wildman–Crippen MR) is 110 cm³/mol. The number of rotatable bonds is 6. The van der Waals surface area contributed by atoms with E-state index in [0.717, 1.165) is 0 Å². The molecule has 0 radical (unpaired) electrons. The van der Waals surface area contributed by atoms with Gasteiger partial charge in [-0.05, 0) is 30.2 Å². The predicted octanol–water partition coefficient (Wildman–Crippen LogP) is 2.03. The second-order valence-electron chi connectivity index (χ2n) is 7.49. The molecular formula is C22H27N3O5. The molecule has 30 heavy (non-hydrogen) atoms. The largest absolute Gasteiger partial charge is 0.496 e. The first-order chi connectivity index (χ1) is 14.4. The lowest BCUT2D eigenvalue weighted by molar-refractivity contribution is -0.135. The van der Waals surface area contributed by atoms with Crippen molar-refractivity contribution in [2.75, 3.05) is 33.3 Å². The molecule has 2 heterocycles. The van der Waals surface area contributed by atoms with Crippen molar-refractivity contribution in [1.29, 1.82) is 0 Å². The van der Waals surface area contributed by atoms with Crippen LogP contribution in [0.1, 0.15) is 34.8 Å². The van der Waals surface area contributed by atoms with Gasteiger partial charge in [0.1, 0.15) is 11.8 Å². The van der Waals surface area contributed by atoms with Gasteiger partial charge >= 0.3 is 0 Å². The number of nitrogens with one attached hydrogen (secondary N) is 1. The van der Waals surface area contributed by atoms with Gasteiger partial charge in [0, 0.05) is 26.2 Å². The molecule has 0 saturated carbocycles. The van der Waals surface area contributed by atoms with Crippen LogP contribution >= 0.6 is 0 Å². The van der Waals surface area contributed by atoms with E-state index in [1.54, 1.807) is 46.2 Å². The zero-order chi connectivity index (χ0) is 21.7. The zero-order valence-corrected chi connectivity index (χ0v) is 17.5. The fraction of sp³-hybridized carbons (Fsp3) is 0.409. The van der Waals surface area contributed by atoms with E-state index < -0.39 is 6.04 Å². The van der Waals surface area contributed by atoms with Gasteiger partial charge in [0.05, 0.1) is 18.9 Å². The van der Waals surface area contributed by atoms with E-state index in [4.69, 9.17) is 9.15 Å². The molecule has 0 aliphatic carbocycles. The topological polar surface area (TPSA) is 92.1 Å². The molecule has 1 aliphatic heterocycles. The van der Waals surface area contributed by atoms with Crippen LogP contribution < -0.4 is 10.1 Å². The third kappa shape index (κ3) is 4.64. The van der Waals surface area contributed by atoms with Crippen LogP contribution in [0, 0.1) is 5.92 Å². The van der Waals surface area contributed by atoms with E-state index in [1.165, 1.54) is 13.4 Å². The molecule has 1 aliphatic rings. The first kappa shape index (κ1) is 21.4. The fourth-order valence-corrected chi connectivity index (χ4v) is 3.45. The summed E-state index contributed by atoms with van der Waals surface area (Å²) in [6.45, 7) is 5.41. The summed E-state index contributed by atoms with van der Waals surface area (Å²) in [4.78, 5) is 41.7. The number of amides is 3. The molecule has 1 N–H and O–H groups in total. The van der Waals surface area contributed by atoms with Crippen molar-refractivity contribution < 1.29 is 23.5 Å². The van der Waals surface area contributed by atoms with E-state index in [2.05, 4.69) is 5.32 Å². The van der Waals surface area contributed by atoms with Gasteiger partial charge in [0.2, 0.25) is 5.91 Å². The molecule has 1 unspecified atom stereocenters. The minimum atomic E-state index is -0.672. The van der Waals surface area contributed by atoms with E-state index in [9.17, 15) is 14.4 Å². The van der Waals surface area contributed by atoms with Crippen LogP contribution in [0.2, 0.25) is 0 Å². The van der Waals surface area contributed by atoms with Crippen molar-refractivity contribution >= 4 is 17.7 Å². The first-order valence-corrected chi connectivity index (χ1v) is 9.97. The van der Waals surface area contributed by atoms with E-state index in [1.807, 2.05) is 13.8 Å². The van der Waals surface area contributed by atoms with Crippen molar-refractivity contribution in [3.8, 4) is 5.75 Å². The molecule has 1 atom stereocenters. The Morgan fingerprint density at radius 1 is 1.00 bits per heavy atom. The maximum Gasteiger partial charge on any atom is 0.289 e. The number of benzene rings is 1. The normalized spacial score (nSPS) is 15.1. The number of ether oxygens (including phenoxy) is 1. The van der Waals surface area contributed by atoms with Crippen LogP contribution in [-0.2, 0) is 4.79 Å². The molecule has 0 spiro atoms. The molecule has 1 fully saturated rings. The number of para-hydroxylation sites is 1. The molecule has 8 nitrogen and oxygen atoms in total. The Balaban J connectivity index is 1.63. The minimum Gasteiger partial charge on any atom is -0.496 e. The van der Waals surface area contributed by atoms with Crippen molar-refractivity contribution in [3.63, 3.8) is 0 Å². The number of hydrogen-bond donors (Lipinski definition) is 1. The molecule has 8 heteroatoms. The van der Waals surface area contributed by atoms with Gasteiger partial charge in [0.15, 0.2) is 5.76 Å². The van der Waals surface area contributed by atoms with Crippen LogP contribution in [0.3, 0.4) is 0 Å². The maximum atomic E-state index is 13.1. The third-order valence-corrected chi connectivity index (χ3v) is 5.18. The van der Waals surface area contributed by atoms with Crippen molar-refractivity contribution in [2.45, 2.75) is 19.9 Å². The van der Waals surface area contributed by atoms with Crippen LogP contribution in [0.15, 0.2) is 47.1 Å². The molecule has 3 amide bonds.